The van der Waals surface area contributed by atoms with Crippen molar-refractivity contribution >= 4 is 29.4 Å². The first-order valence-corrected chi connectivity index (χ1v) is 12.1. The number of benzene rings is 1. The number of hydrogen-bond donors (Lipinski definition) is 2. The van der Waals surface area contributed by atoms with Crippen LogP contribution in [0, 0.1) is 5.92 Å². The number of ether oxygens (including phenoxy) is 1. The van der Waals surface area contributed by atoms with E-state index >= 15 is 0 Å². The molecule has 1 aromatic rings. The van der Waals surface area contributed by atoms with Gasteiger partial charge in [0.2, 0.25) is 11.8 Å². The lowest BCUT2D eigenvalue weighted by molar-refractivity contribution is -0.149. The summed E-state index contributed by atoms with van der Waals surface area (Å²) in [5.74, 6) is -0.938. The fourth-order valence-electron chi connectivity index (χ4n) is 3.80. The first-order valence-electron chi connectivity index (χ1n) is 12.1. The van der Waals surface area contributed by atoms with E-state index in [0.29, 0.717) is 37.4 Å². The highest BCUT2D eigenvalue weighted by Gasteiger charge is 2.33. The molecule has 0 aromatic heterocycles. The van der Waals surface area contributed by atoms with Crippen molar-refractivity contribution in [2.75, 3.05) is 44.6 Å². The number of esters is 1. The lowest BCUT2D eigenvalue weighted by Gasteiger charge is -2.33. The highest BCUT2D eigenvalue weighted by molar-refractivity contribution is 5.98. The number of amides is 3. The van der Waals surface area contributed by atoms with E-state index < -0.39 is 12.0 Å². The molecule has 0 bridgehead atoms. The predicted molar refractivity (Wildman–Crippen MR) is 130 cm³/mol. The lowest BCUT2D eigenvalue weighted by atomic mass is 10.1. The van der Waals surface area contributed by atoms with Gasteiger partial charge in [0, 0.05) is 37.4 Å². The molecule has 2 rings (SSSR count). The molecule has 0 spiro atoms. The molecule has 1 heterocycles. The van der Waals surface area contributed by atoms with E-state index in [1.165, 1.54) is 0 Å². The maximum atomic E-state index is 12.9. The fraction of sp³-hybridized carbons (Fsp3) is 0.600. The van der Waals surface area contributed by atoms with Crippen LogP contribution in [0.4, 0.5) is 5.69 Å². The Labute approximate surface area is 202 Å². The molecule has 1 aliphatic heterocycles. The van der Waals surface area contributed by atoms with Gasteiger partial charge in [-0.25, -0.2) is 0 Å². The van der Waals surface area contributed by atoms with Crippen LogP contribution in [0.3, 0.4) is 0 Å². The molecule has 188 valence electrons. The average Bonchev–Trinajstić information content (AvgIpc) is 2.79. The molecule has 1 aromatic carbocycles. The lowest BCUT2D eigenvalue weighted by Crippen LogP contribution is -2.57. The topological polar surface area (TPSA) is 108 Å². The first-order chi connectivity index (χ1) is 16.2. The van der Waals surface area contributed by atoms with E-state index in [4.69, 9.17) is 4.74 Å². The van der Waals surface area contributed by atoms with Gasteiger partial charge in [-0.2, -0.15) is 0 Å². The van der Waals surface area contributed by atoms with Crippen molar-refractivity contribution < 1.29 is 23.9 Å². The largest absolute Gasteiger partial charge is 0.465 e. The van der Waals surface area contributed by atoms with Crippen molar-refractivity contribution in [2.24, 2.45) is 5.92 Å². The van der Waals surface area contributed by atoms with E-state index in [1.54, 1.807) is 29.2 Å². The standard InChI is InChI=1S/C25H38N4O5/c1-5-11-28(12-6-2)25(33)19-8-7-9-20(14-19)27-22(30)16-29-13-10-26-24(32)21(29)15-23(31)34-17-18(3)4/h7-9,14,18,21H,5-6,10-13,15-17H2,1-4H3,(H,26,32)(H,27,30). The van der Waals surface area contributed by atoms with Crippen molar-refractivity contribution in [2.45, 2.75) is 53.0 Å². The van der Waals surface area contributed by atoms with Crippen LogP contribution in [0.2, 0.25) is 0 Å². The molecule has 1 aliphatic rings. The summed E-state index contributed by atoms with van der Waals surface area (Å²) in [7, 11) is 0. The van der Waals surface area contributed by atoms with E-state index in [0.717, 1.165) is 12.8 Å². The Kier molecular flexibility index (Phi) is 11.0. The quantitative estimate of drug-likeness (QED) is 0.450. The fourth-order valence-corrected chi connectivity index (χ4v) is 3.80. The molecule has 9 nitrogen and oxygen atoms in total. The van der Waals surface area contributed by atoms with E-state index in [2.05, 4.69) is 10.6 Å². The van der Waals surface area contributed by atoms with Gasteiger partial charge in [0.15, 0.2) is 0 Å². The number of carbonyl (C=O) groups excluding carboxylic acids is 4. The molecule has 9 heteroatoms. The van der Waals surface area contributed by atoms with Crippen LogP contribution in [0.25, 0.3) is 0 Å². The summed E-state index contributed by atoms with van der Waals surface area (Å²) < 4.78 is 5.21. The third-order valence-corrected chi connectivity index (χ3v) is 5.39. The maximum Gasteiger partial charge on any atom is 0.307 e. The SMILES string of the molecule is CCCN(CCC)C(=O)c1cccc(NC(=O)CN2CCNC(=O)C2CC(=O)OCC(C)C)c1. The summed E-state index contributed by atoms with van der Waals surface area (Å²) >= 11 is 0. The Morgan fingerprint density at radius 1 is 1.21 bits per heavy atom. The predicted octanol–water partition coefficient (Wildman–Crippen LogP) is 2.28. The third kappa shape index (κ3) is 8.44. The Balaban J connectivity index is 2.01. The molecular weight excluding hydrogens is 436 g/mol. The van der Waals surface area contributed by atoms with Crippen molar-refractivity contribution in [1.82, 2.24) is 15.1 Å². The molecule has 0 radical (unpaired) electrons. The molecule has 3 amide bonds. The Morgan fingerprint density at radius 2 is 1.91 bits per heavy atom. The van der Waals surface area contributed by atoms with Crippen LogP contribution in [0.1, 0.15) is 57.3 Å². The Hall–Kier alpha value is -2.94. The van der Waals surface area contributed by atoms with Crippen LogP contribution in [0.5, 0.6) is 0 Å². The second-order valence-corrected chi connectivity index (χ2v) is 8.98. The van der Waals surface area contributed by atoms with Gasteiger partial charge in [-0.1, -0.05) is 33.8 Å². The first kappa shape index (κ1) is 27.3. The average molecular weight is 475 g/mol. The van der Waals surface area contributed by atoms with Crippen molar-refractivity contribution in [3.8, 4) is 0 Å². The van der Waals surface area contributed by atoms with Gasteiger partial charge in [0.05, 0.1) is 19.6 Å². The highest BCUT2D eigenvalue weighted by atomic mass is 16.5. The molecule has 0 aliphatic carbocycles. The Morgan fingerprint density at radius 3 is 2.56 bits per heavy atom. The zero-order valence-electron chi connectivity index (χ0n) is 20.8. The molecule has 0 saturated carbocycles. The molecule has 1 fully saturated rings. The van der Waals surface area contributed by atoms with Gasteiger partial charge in [0.1, 0.15) is 6.04 Å². The second-order valence-electron chi connectivity index (χ2n) is 8.98. The van der Waals surface area contributed by atoms with Gasteiger partial charge in [-0.05, 0) is 37.0 Å². The summed E-state index contributed by atoms with van der Waals surface area (Å²) in [6.07, 6.45) is 1.63. The minimum Gasteiger partial charge on any atom is -0.465 e. The summed E-state index contributed by atoms with van der Waals surface area (Å²) in [6, 6.07) is 6.11. The van der Waals surface area contributed by atoms with Gasteiger partial charge in [-0.15, -0.1) is 0 Å². The van der Waals surface area contributed by atoms with Crippen LogP contribution in [0.15, 0.2) is 24.3 Å². The number of nitrogens with one attached hydrogen (secondary N) is 2. The Bertz CT molecular complexity index is 851. The van der Waals surface area contributed by atoms with Crippen LogP contribution in [-0.4, -0.2) is 78.9 Å². The van der Waals surface area contributed by atoms with Gasteiger partial charge in [0.25, 0.3) is 5.91 Å². The second kappa shape index (κ2) is 13.7. The van der Waals surface area contributed by atoms with E-state index in [-0.39, 0.29) is 43.2 Å². The number of anilines is 1. The molecule has 1 atom stereocenters. The monoisotopic (exact) mass is 474 g/mol. The van der Waals surface area contributed by atoms with Crippen LogP contribution in [-0.2, 0) is 19.1 Å². The normalized spacial score (nSPS) is 16.1. The summed E-state index contributed by atoms with van der Waals surface area (Å²) in [6.45, 7) is 10.4. The minimum absolute atomic E-state index is 0.0501. The minimum atomic E-state index is -0.760. The summed E-state index contributed by atoms with van der Waals surface area (Å²) in [5, 5.41) is 5.56. The van der Waals surface area contributed by atoms with E-state index in [1.807, 2.05) is 32.6 Å². The summed E-state index contributed by atoms with van der Waals surface area (Å²) in [5.41, 5.74) is 1.03. The zero-order chi connectivity index (χ0) is 25.1. The molecule has 34 heavy (non-hydrogen) atoms. The van der Waals surface area contributed by atoms with Crippen LogP contribution >= 0.6 is 0 Å². The third-order valence-electron chi connectivity index (χ3n) is 5.39. The van der Waals surface area contributed by atoms with Crippen molar-refractivity contribution in [3.63, 3.8) is 0 Å². The van der Waals surface area contributed by atoms with Crippen molar-refractivity contribution in [3.05, 3.63) is 29.8 Å². The van der Waals surface area contributed by atoms with Gasteiger partial charge in [-0.3, -0.25) is 24.1 Å². The number of piperazine rings is 1. The van der Waals surface area contributed by atoms with Crippen LogP contribution < -0.4 is 10.6 Å². The number of rotatable bonds is 12. The van der Waals surface area contributed by atoms with Gasteiger partial charge < -0.3 is 20.3 Å². The van der Waals surface area contributed by atoms with Gasteiger partial charge >= 0.3 is 5.97 Å². The summed E-state index contributed by atoms with van der Waals surface area (Å²) in [4.78, 5) is 53.7. The number of hydrogen-bond acceptors (Lipinski definition) is 6. The molecular formula is C25H38N4O5. The van der Waals surface area contributed by atoms with Crippen molar-refractivity contribution in [1.29, 1.82) is 0 Å². The maximum absolute atomic E-state index is 12.9. The smallest absolute Gasteiger partial charge is 0.307 e. The number of nitrogens with zero attached hydrogens (tertiary/aromatic N) is 2. The molecule has 2 N–H and O–H groups in total. The molecule has 1 saturated heterocycles. The van der Waals surface area contributed by atoms with E-state index in [9.17, 15) is 19.2 Å². The number of carbonyl (C=O) groups is 4. The highest BCUT2D eigenvalue weighted by Crippen LogP contribution is 2.15. The zero-order valence-corrected chi connectivity index (χ0v) is 20.8. The molecule has 1 unspecified atom stereocenters.